The summed E-state index contributed by atoms with van der Waals surface area (Å²) in [5.74, 6) is 2.58. The molecule has 0 aliphatic carbocycles. The van der Waals surface area contributed by atoms with Gasteiger partial charge in [0, 0.05) is 10.4 Å². The highest BCUT2D eigenvalue weighted by atomic mass is 32.1. The van der Waals surface area contributed by atoms with E-state index in [-0.39, 0.29) is 18.8 Å². The molecule has 0 fully saturated rings. The first kappa shape index (κ1) is 24.5. The topological polar surface area (TPSA) is 69.9 Å². The second-order valence-electron chi connectivity index (χ2n) is 8.01. The molecule has 0 saturated heterocycles. The first-order valence-corrected chi connectivity index (χ1v) is 13.3. The molecule has 1 aliphatic rings. The number of rotatable bonds is 7. The molecule has 4 aromatic rings. The molecular formula is C29H22N2O4S2. The molecule has 0 unspecified atom stereocenters. The molecule has 0 spiro atoms. The number of aromatic nitrogens is 1. The number of benzene rings is 2. The summed E-state index contributed by atoms with van der Waals surface area (Å²) in [7, 11) is 0. The third kappa shape index (κ3) is 4.92. The van der Waals surface area contributed by atoms with E-state index in [1.54, 1.807) is 17.6 Å². The summed E-state index contributed by atoms with van der Waals surface area (Å²) in [6.07, 6.45) is 7.10. The minimum atomic E-state index is -0.655. The average Bonchev–Trinajstić information content (AvgIpc) is 3.56. The first-order chi connectivity index (χ1) is 18.1. The number of hydrogen-bond acceptors (Lipinski definition) is 7. The summed E-state index contributed by atoms with van der Waals surface area (Å²) in [5.41, 5.74) is 2.20. The van der Waals surface area contributed by atoms with Gasteiger partial charge in [0.2, 0.25) is 0 Å². The maximum atomic E-state index is 13.8. The van der Waals surface area contributed by atoms with E-state index in [1.165, 1.54) is 22.7 Å². The van der Waals surface area contributed by atoms with Crippen LogP contribution in [0.15, 0.2) is 87.5 Å². The fourth-order valence-electron chi connectivity index (χ4n) is 4.13. The number of terminal acetylenes is 1. The van der Waals surface area contributed by atoms with Gasteiger partial charge in [-0.15, -0.1) is 17.8 Å². The van der Waals surface area contributed by atoms with E-state index in [4.69, 9.17) is 20.9 Å². The van der Waals surface area contributed by atoms with Crippen molar-refractivity contribution in [2.75, 3.05) is 13.2 Å². The molecule has 5 rings (SSSR count). The molecule has 8 heteroatoms. The van der Waals surface area contributed by atoms with Crippen LogP contribution in [-0.2, 0) is 9.53 Å². The maximum Gasteiger partial charge on any atom is 0.338 e. The van der Waals surface area contributed by atoms with Crippen molar-refractivity contribution in [3.8, 4) is 18.1 Å². The molecule has 184 valence electrons. The SMILES string of the molecule is C#CCOc1cccc(/C=c2\sc3n(c2=O)[C@@H](c2cccs2)C(C(=O)OCC)=C(c2ccccc2)N=3)c1. The summed E-state index contributed by atoms with van der Waals surface area (Å²) in [6, 6.07) is 20.0. The van der Waals surface area contributed by atoms with Crippen LogP contribution >= 0.6 is 22.7 Å². The summed E-state index contributed by atoms with van der Waals surface area (Å²) >= 11 is 2.76. The van der Waals surface area contributed by atoms with E-state index in [9.17, 15) is 9.59 Å². The molecule has 2 aromatic carbocycles. The van der Waals surface area contributed by atoms with Crippen LogP contribution in [-0.4, -0.2) is 23.8 Å². The molecule has 37 heavy (non-hydrogen) atoms. The molecule has 0 amide bonds. The van der Waals surface area contributed by atoms with E-state index in [0.29, 0.717) is 26.4 Å². The zero-order valence-electron chi connectivity index (χ0n) is 19.9. The van der Waals surface area contributed by atoms with Gasteiger partial charge >= 0.3 is 5.97 Å². The van der Waals surface area contributed by atoms with Crippen molar-refractivity contribution in [1.29, 1.82) is 0 Å². The predicted molar refractivity (Wildman–Crippen MR) is 146 cm³/mol. The van der Waals surface area contributed by atoms with Crippen LogP contribution < -0.4 is 19.6 Å². The molecule has 0 N–H and O–H groups in total. The number of carbonyl (C=O) groups is 1. The number of hydrogen-bond donors (Lipinski definition) is 0. The van der Waals surface area contributed by atoms with Gasteiger partial charge in [-0.3, -0.25) is 9.36 Å². The summed E-state index contributed by atoms with van der Waals surface area (Å²) < 4.78 is 13.1. The van der Waals surface area contributed by atoms with E-state index >= 15 is 0 Å². The lowest BCUT2D eigenvalue weighted by atomic mass is 9.97. The number of thiazole rings is 1. The third-order valence-electron chi connectivity index (χ3n) is 5.66. The standard InChI is InChI=1S/C29H22N2O4S2/c1-3-15-35-21-13-8-10-19(17-21)18-23-27(32)31-26(22-14-9-16-36-22)24(28(33)34-4-2)25(30-29(31)37-23)20-11-6-5-7-12-20/h1,5-14,16-18,26H,4,15H2,2H3/b23-18-/t26-/m0/s1. The van der Waals surface area contributed by atoms with E-state index in [1.807, 2.05) is 72.1 Å². The molecule has 0 bridgehead atoms. The van der Waals surface area contributed by atoms with Gasteiger partial charge in [0.1, 0.15) is 18.4 Å². The van der Waals surface area contributed by atoms with Crippen molar-refractivity contribution in [2.45, 2.75) is 13.0 Å². The van der Waals surface area contributed by atoms with Gasteiger partial charge in [-0.25, -0.2) is 9.79 Å². The summed E-state index contributed by atoms with van der Waals surface area (Å²) in [5, 5.41) is 1.93. The van der Waals surface area contributed by atoms with Gasteiger partial charge in [0.15, 0.2) is 4.80 Å². The van der Waals surface area contributed by atoms with Crippen LogP contribution in [0, 0.1) is 12.3 Å². The zero-order chi connectivity index (χ0) is 25.8. The van der Waals surface area contributed by atoms with Gasteiger partial charge in [-0.2, -0.15) is 0 Å². The molecular weight excluding hydrogens is 504 g/mol. The highest BCUT2D eigenvalue weighted by Crippen LogP contribution is 2.36. The highest BCUT2D eigenvalue weighted by Gasteiger charge is 2.35. The van der Waals surface area contributed by atoms with Gasteiger partial charge in [0.05, 0.1) is 22.4 Å². The number of esters is 1. The number of thiophene rings is 1. The Morgan fingerprint density at radius 2 is 2.00 bits per heavy atom. The minimum Gasteiger partial charge on any atom is -0.481 e. The minimum absolute atomic E-state index is 0.158. The molecule has 1 atom stereocenters. The Labute approximate surface area is 221 Å². The maximum absolute atomic E-state index is 13.8. The lowest BCUT2D eigenvalue weighted by Crippen LogP contribution is -2.39. The van der Waals surface area contributed by atoms with Crippen LogP contribution in [0.3, 0.4) is 0 Å². The molecule has 6 nitrogen and oxygen atoms in total. The van der Waals surface area contributed by atoms with Gasteiger partial charge in [-0.05, 0) is 42.1 Å². The van der Waals surface area contributed by atoms with Crippen molar-refractivity contribution in [2.24, 2.45) is 4.99 Å². The van der Waals surface area contributed by atoms with Crippen LogP contribution in [0.5, 0.6) is 5.75 Å². The smallest absolute Gasteiger partial charge is 0.338 e. The number of fused-ring (bicyclic) bond motifs is 1. The normalized spacial score (nSPS) is 15.0. The van der Waals surface area contributed by atoms with E-state index in [2.05, 4.69) is 5.92 Å². The fraction of sp³-hybridized carbons (Fsp3) is 0.138. The number of ether oxygens (including phenoxy) is 2. The van der Waals surface area contributed by atoms with Gasteiger partial charge in [-0.1, -0.05) is 65.8 Å². The lowest BCUT2D eigenvalue weighted by Gasteiger charge is -2.24. The number of carbonyl (C=O) groups excluding carboxylic acids is 1. The van der Waals surface area contributed by atoms with Crippen LogP contribution in [0.25, 0.3) is 11.8 Å². The van der Waals surface area contributed by atoms with Crippen molar-refractivity contribution in [3.05, 3.63) is 113 Å². The predicted octanol–water partition coefficient (Wildman–Crippen LogP) is 4.01. The van der Waals surface area contributed by atoms with Crippen molar-refractivity contribution in [3.63, 3.8) is 0 Å². The average molecular weight is 527 g/mol. The van der Waals surface area contributed by atoms with E-state index in [0.717, 1.165) is 16.0 Å². The highest BCUT2D eigenvalue weighted by molar-refractivity contribution is 7.10. The Bertz CT molecular complexity index is 1690. The second kappa shape index (κ2) is 10.8. The van der Waals surface area contributed by atoms with Gasteiger partial charge < -0.3 is 9.47 Å². The largest absolute Gasteiger partial charge is 0.481 e. The summed E-state index contributed by atoms with van der Waals surface area (Å²) in [4.78, 5) is 33.4. The second-order valence-corrected chi connectivity index (χ2v) is 10.0. The fourth-order valence-corrected chi connectivity index (χ4v) is 5.95. The van der Waals surface area contributed by atoms with Crippen molar-refractivity contribution in [1.82, 2.24) is 4.57 Å². The Balaban J connectivity index is 1.74. The van der Waals surface area contributed by atoms with Crippen LogP contribution in [0.2, 0.25) is 0 Å². The Morgan fingerprint density at radius 1 is 1.16 bits per heavy atom. The molecule has 1 aliphatic heterocycles. The van der Waals surface area contributed by atoms with Crippen molar-refractivity contribution >= 4 is 40.4 Å². The molecule has 0 radical (unpaired) electrons. The van der Waals surface area contributed by atoms with Crippen LogP contribution in [0.4, 0.5) is 0 Å². The summed E-state index contributed by atoms with van der Waals surface area (Å²) in [6.45, 7) is 2.13. The Morgan fingerprint density at radius 3 is 2.73 bits per heavy atom. The first-order valence-electron chi connectivity index (χ1n) is 11.6. The van der Waals surface area contributed by atoms with Crippen molar-refractivity contribution < 1.29 is 14.3 Å². The Hall–Kier alpha value is -4.19. The zero-order valence-corrected chi connectivity index (χ0v) is 21.6. The third-order valence-corrected chi connectivity index (χ3v) is 7.57. The molecule has 3 heterocycles. The van der Waals surface area contributed by atoms with Gasteiger partial charge in [0.25, 0.3) is 5.56 Å². The van der Waals surface area contributed by atoms with Crippen LogP contribution in [0.1, 0.15) is 29.0 Å². The lowest BCUT2D eigenvalue weighted by molar-refractivity contribution is -0.138. The van der Waals surface area contributed by atoms with E-state index < -0.39 is 12.0 Å². The molecule has 2 aromatic heterocycles. The quantitative estimate of drug-likeness (QED) is 0.270. The monoisotopic (exact) mass is 526 g/mol. The Kier molecular flexibility index (Phi) is 7.17. The molecule has 0 saturated carbocycles. The number of nitrogens with zero attached hydrogens (tertiary/aromatic N) is 2.